The Bertz CT molecular complexity index is 3560. The molecule has 9 rings (SSSR count). The van der Waals surface area contributed by atoms with Crippen molar-refractivity contribution in [3.05, 3.63) is 138 Å². The van der Waals surface area contributed by atoms with Crippen molar-refractivity contribution < 1.29 is 18.9 Å². The molecule has 2 aliphatic heterocycles. The van der Waals surface area contributed by atoms with Gasteiger partial charge in [0.05, 0.1) is 48.3 Å². The minimum Gasteiger partial charge on any atom is -0.494 e. The third-order valence-corrected chi connectivity index (χ3v) is 17.6. The Morgan fingerprint density at radius 1 is 0.374 bits per heavy atom. The van der Waals surface area contributed by atoms with E-state index in [1.165, 1.54) is 135 Å². The summed E-state index contributed by atoms with van der Waals surface area (Å²) in [7, 11) is 8.33. The highest BCUT2D eigenvalue weighted by atomic mass is 16.5. The molecule has 0 saturated heterocycles. The number of nitrogens with zero attached hydrogens (tertiary/aromatic N) is 4. The Labute approximate surface area is 546 Å². The number of rotatable bonds is 39. The molecule has 0 amide bonds. The highest BCUT2D eigenvalue weighted by molar-refractivity contribution is 6.00. The number of nitrogens with one attached hydrogen (secondary N) is 2. The van der Waals surface area contributed by atoms with Crippen LogP contribution in [0.25, 0.3) is 90.9 Å². The van der Waals surface area contributed by atoms with E-state index in [-0.39, 0.29) is 6.10 Å². The number of hydrogen-bond donors (Lipinski definition) is 2. The number of benzene rings is 4. The van der Waals surface area contributed by atoms with Crippen LogP contribution in [-0.4, -0.2) is 85.5 Å². The number of unbranched alkanes of at least 4 members (excludes halogenated alkanes) is 21. The first-order valence-electron chi connectivity index (χ1n) is 35.1. The fourth-order valence-electron chi connectivity index (χ4n) is 12.8. The monoisotopic (exact) mass is 1230 g/mol. The van der Waals surface area contributed by atoms with Gasteiger partial charge in [-0.1, -0.05) is 198 Å². The Hall–Kier alpha value is -7.56. The van der Waals surface area contributed by atoms with Crippen LogP contribution in [0.1, 0.15) is 205 Å². The number of fused-ring (bicyclic) bond motifs is 8. The van der Waals surface area contributed by atoms with Gasteiger partial charge in [-0.15, -0.1) is 0 Å². The summed E-state index contributed by atoms with van der Waals surface area (Å²) >= 11 is 0. The molecule has 0 fully saturated rings. The van der Waals surface area contributed by atoms with E-state index in [0.717, 1.165) is 144 Å². The molecule has 7 aromatic rings. The second-order valence-electron chi connectivity index (χ2n) is 25.8. The summed E-state index contributed by atoms with van der Waals surface area (Å²) < 4.78 is 26.4. The summed E-state index contributed by atoms with van der Waals surface area (Å²) in [6.07, 6.45) is 38.7. The van der Waals surface area contributed by atoms with Crippen LogP contribution in [0, 0.1) is 0 Å². The maximum absolute atomic E-state index is 6.68. The quantitative estimate of drug-likeness (QED) is 0.0368. The number of H-pyrrole nitrogens is 2. The van der Waals surface area contributed by atoms with E-state index in [1.54, 1.807) is 0 Å². The van der Waals surface area contributed by atoms with E-state index >= 15 is 0 Å². The van der Waals surface area contributed by atoms with Gasteiger partial charge in [-0.25, -0.2) is 9.97 Å². The molecule has 10 heteroatoms. The minimum atomic E-state index is -0.0212. The topological polar surface area (TPSA) is 101 Å². The van der Waals surface area contributed by atoms with Gasteiger partial charge in [0.15, 0.2) is 0 Å². The molecule has 2 aliphatic rings. The van der Waals surface area contributed by atoms with Gasteiger partial charge >= 0.3 is 0 Å². The van der Waals surface area contributed by atoms with E-state index in [4.69, 9.17) is 28.9 Å². The SMILES string of the molecule is CCCCCCCCCCOc1cccc(-c2c3nc(c(-c4cccc(OCCCCCCCCCC)c4)c4ccc([nH]4)c(-c4ccc(OC(C)CN(C)C)c(N(C)C)c4)c4nc(c(-c5cccc(OCCCCCCCCCC)c5)c5ccc2[nH]5)C=C4)C=C3)c1. The van der Waals surface area contributed by atoms with Crippen LogP contribution < -0.4 is 23.8 Å². The molecule has 91 heavy (non-hydrogen) atoms. The molecular formula is C81H106N6O4. The van der Waals surface area contributed by atoms with E-state index in [1.807, 2.05) is 0 Å². The average Bonchev–Trinajstić information content (AvgIpc) is 1.76. The smallest absolute Gasteiger partial charge is 0.143 e. The maximum Gasteiger partial charge on any atom is 0.143 e. The lowest BCUT2D eigenvalue weighted by Gasteiger charge is -2.24. The highest BCUT2D eigenvalue weighted by Gasteiger charge is 2.22. The molecule has 2 N–H and O–H groups in total. The van der Waals surface area contributed by atoms with Crippen molar-refractivity contribution >= 4 is 52.1 Å². The normalized spacial score (nSPS) is 12.3. The molecular weight excluding hydrogens is 1120 g/mol. The Morgan fingerprint density at radius 3 is 1.01 bits per heavy atom. The predicted octanol–water partition coefficient (Wildman–Crippen LogP) is 22.3. The van der Waals surface area contributed by atoms with Crippen LogP contribution in [0.15, 0.2) is 115 Å². The van der Waals surface area contributed by atoms with Crippen molar-refractivity contribution in [2.75, 3.05) is 59.5 Å². The van der Waals surface area contributed by atoms with Gasteiger partial charge < -0.3 is 38.7 Å². The zero-order chi connectivity index (χ0) is 63.6. The van der Waals surface area contributed by atoms with Crippen molar-refractivity contribution in [3.8, 4) is 67.5 Å². The van der Waals surface area contributed by atoms with Gasteiger partial charge in [0.1, 0.15) is 29.1 Å². The number of aromatic amines is 2. The predicted molar refractivity (Wildman–Crippen MR) is 388 cm³/mol. The van der Waals surface area contributed by atoms with Crippen LogP contribution in [-0.2, 0) is 0 Å². The van der Waals surface area contributed by atoms with Crippen LogP contribution in [0.5, 0.6) is 23.0 Å². The molecule has 10 nitrogen and oxygen atoms in total. The standard InChI is InChI=1S/C81H106N6O4/c1-9-12-15-18-21-24-27-30-52-88-65-39-33-36-61(55-65)78-68-43-45-70(82-68)79(62-37-34-40-66(56-62)89-53-31-28-25-22-19-16-13-10-2)72-47-49-74(84-72)81(64-42-51-77(76(58-64)87(7)8)91-60(4)59-86(5)6)75-50-48-73(85-75)80(71-46-44-69(78)83-71)63-38-35-41-67(57-63)90-54-32-29-26-23-20-17-14-11-3/h33-51,55-58,60,82,85H,9-32,52-54,59H2,1-8H3. The molecule has 5 heterocycles. The third-order valence-electron chi connectivity index (χ3n) is 17.6. The molecule has 484 valence electrons. The summed E-state index contributed by atoms with van der Waals surface area (Å²) in [5.74, 6) is 3.38. The summed E-state index contributed by atoms with van der Waals surface area (Å²) in [6, 6.07) is 41.1. The van der Waals surface area contributed by atoms with Gasteiger partial charge in [-0.2, -0.15) is 0 Å². The van der Waals surface area contributed by atoms with Crippen molar-refractivity contribution in [3.63, 3.8) is 0 Å². The summed E-state index contributed by atoms with van der Waals surface area (Å²) in [4.78, 5) is 23.7. The summed E-state index contributed by atoms with van der Waals surface area (Å²) in [5.41, 5.74) is 16.0. The van der Waals surface area contributed by atoms with E-state index in [2.05, 4.69) is 215 Å². The molecule has 0 spiro atoms. The first-order valence-corrected chi connectivity index (χ1v) is 35.1. The average molecular weight is 1230 g/mol. The van der Waals surface area contributed by atoms with Crippen LogP contribution >= 0.6 is 0 Å². The number of aromatic nitrogens is 4. The fourth-order valence-corrected chi connectivity index (χ4v) is 12.8. The largest absolute Gasteiger partial charge is 0.494 e. The Morgan fingerprint density at radius 2 is 0.692 bits per heavy atom. The maximum atomic E-state index is 6.68. The zero-order valence-electron chi connectivity index (χ0n) is 56.6. The molecule has 4 aromatic carbocycles. The number of anilines is 1. The van der Waals surface area contributed by atoms with Crippen molar-refractivity contribution in [1.29, 1.82) is 0 Å². The summed E-state index contributed by atoms with van der Waals surface area (Å²) in [5, 5.41) is 0. The fraction of sp³-hybridized carbons (Fsp3) is 0.457. The van der Waals surface area contributed by atoms with E-state index < -0.39 is 0 Å². The Kier molecular flexibility index (Phi) is 26.7. The van der Waals surface area contributed by atoms with Crippen molar-refractivity contribution in [2.45, 2.75) is 188 Å². The molecule has 0 aliphatic carbocycles. The third kappa shape index (κ3) is 19.7. The molecule has 0 saturated carbocycles. The lowest BCUT2D eigenvalue weighted by Crippen LogP contribution is -2.28. The second-order valence-corrected chi connectivity index (χ2v) is 25.8. The van der Waals surface area contributed by atoms with Crippen molar-refractivity contribution in [1.82, 2.24) is 24.8 Å². The first kappa shape index (κ1) is 67.8. The van der Waals surface area contributed by atoms with Gasteiger partial charge in [0.25, 0.3) is 0 Å². The molecule has 1 atom stereocenters. The van der Waals surface area contributed by atoms with E-state index in [9.17, 15) is 0 Å². The molecule has 1 unspecified atom stereocenters. The minimum absolute atomic E-state index is 0.0212. The number of ether oxygens (including phenoxy) is 4. The van der Waals surface area contributed by atoms with Crippen LogP contribution in [0.2, 0.25) is 0 Å². The highest BCUT2D eigenvalue weighted by Crippen LogP contribution is 2.42. The lowest BCUT2D eigenvalue weighted by atomic mass is 10.0. The number of hydrogen-bond acceptors (Lipinski definition) is 8. The molecule has 8 bridgehead atoms. The van der Waals surface area contributed by atoms with Gasteiger partial charge in [0, 0.05) is 65.0 Å². The van der Waals surface area contributed by atoms with Crippen LogP contribution in [0.4, 0.5) is 5.69 Å². The van der Waals surface area contributed by atoms with E-state index in [0.29, 0.717) is 19.8 Å². The summed E-state index contributed by atoms with van der Waals surface area (Å²) in [6.45, 7) is 11.8. The van der Waals surface area contributed by atoms with Gasteiger partial charge in [-0.3, -0.25) is 0 Å². The van der Waals surface area contributed by atoms with Gasteiger partial charge in [0.2, 0.25) is 0 Å². The van der Waals surface area contributed by atoms with Crippen LogP contribution in [0.3, 0.4) is 0 Å². The second kappa shape index (κ2) is 35.9. The number of likely N-dealkylation sites (N-methyl/N-ethyl adjacent to an activating group) is 1. The van der Waals surface area contributed by atoms with Crippen molar-refractivity contribution in [2.24, 2.45) is 0 Å². The zero-order valence-corrected chi connectivity index (χ0v) is 56.6. The molecule has 3 aromatic heterocycles. The van der Waals surface area contributed by atoms with Gasteiger partial charge in [-0.05, 0) is 160 Å². The Balaban J connectivity index is 1.20. The first-order chi connectivity index (χ1) is 44.6. The lowest BCUT2D eigenvalue weighted by molar-refractivity contribution is 0.177. The molecule has 0 radical (unpaired) electrons.